The molecule has 0 heterocycles. The zero-order valence-corrected chi connectivity index (χ0v) is 12.6. The molecule has 0 fully saturated rings. The van der Waals surface area contributed by atoms with E-state index in [2.05, 4.69) is 18.3 Å². The zero-order chi connectivity index (χ0) is 14.8. The number of aryl methyl sites for hydroxylation is 1. The average molecular weight is 278 g/mol. The first kappa shape index (κ1) is 16.7. The Morgan fingerprint density at radius 2 is 2.10 bits per heavy atom. The van der Waals surface area contributed by atoms with E-state index < -0.39 is 0 Å². The van der Waals surface area contributed by atoms with Crippen LogP contribution < -0.4 is 5.32 Å². The van der Waals surface area contributed by atoms with Gasteiger partial charge in [-0.05, 0) is 57.0 Å². The van der Waals surface area contributed by atoms with Gasteiger partial charge in [0.15, 0.2) is 0 Å². The highest BCUT2D eigenvalue weighted by Gasteiger charge is 2.06. The highest BCUT2D eigenvalue weighted by molar-refractivity contribution is 5.92. The van der Waals surface area contributed by atoms with Crippen molar-refractivity contribution in [3.05, 3.63) is 29.8 Å². The van der Waals surface area contributed by atoms with Crippen LogP contribution in [-0.2, 0) is 11.2 Å². The van der Waals surface area contributed by atoms with E-state index in [1.165, 1.54) is 5.56 Å². The summed E-state index contributed by atoms with van der Waals surface area (Å²) in [6.07, 6.45) is 3.81. The van der Waals surface area contributed by atoms with E-state index in [0.29, 0.717) is 6.54 Å². The minimum atomic E-state index is 0.0166. The fraction of sp³-hybridized carbons (Fsp3) is 0.562. The monoisotopic (exact) mass is 278 g/mol. The Balaban J connectivity index is 2.31. The van der Waals surface area contributed by atoms with Crippen LogP contribution in [0.25, 0.3) is 0 Å². The number of hydrogen-bond donors (Lipinski definition) is 2. The second kappa shape index (κ2) is 9.50. The number of aliphatic hydroxyl groups excluding tert-OH is 1. The maximum Gasteiger partial charge on any atom is 0.238 e. The summed E-state index contributed by atoms with van der Waals surface area (Å²) in [5, 5.41) is 11.6. The predicted octanol–water partition coefficient (Wildman–Crippen LogP) is 2.28. The van der Waals surface area contributed by atoms with Gasteiger partial charge >= 0.3 is 0 Å². The van der Waals surface area contributed by atoms with Gasteiger partial charge in [-0.2, -0.15) is 0 Å². The number of amides is 1. The Hall–Kier alpha value is -1.39. The highest BCUT2D eigenvalue weighted by atomic mass is 16.2. The van der Waals surface area contributed by atoms with Crippen LogP contribution in [0.3, 0.4) is 0 Å². The number of rotatable bonds is 9. The number of hydrogen-bond acceptors (Lipinski definition) is 3. The van der Waals surface area contributed by atoms with Crippen molar-refractivity contribution in [3.63, 3.8) is 0 Å². The predicted molar refractivity (Wildman–Crippen MR) is 82.9 cm³/mol. The van der Waals surface area contributed by atoms with E-state index >= 15 is 0 Å². The van der Waals surface area contributed by atoms with Crippen LogP contribution in [0.4, 0.5) is 5.69 Å². The van der Waals surface area contributed by atoms with Gasteiger partial charge in [0.2, 0.25) is 5.91 Å². The van der Waals surface area contributed by atoms with Crippen LogP contribution in [0.1, 0.15) is 31.7 Å². The molecule has 0 aromatic heterocycles. The molecule has 0 saturated carbocycles. The van der Waals surface area contributed by atoms with Crippen molar-refractivity contribution >= 4 is 11.6 Å². The number of benzene rings is 1. The molecule has 0 atom stereocenters. The molecule has 0 saturated heterocycles. The van der Waals surface area contributed by atoms with Crippen molar-refractivity contribution < 1.29 is 9.90 Å². The SMILES string of the molecule is CCc1cccc(NC(=O)CN(C)CCCCCO)c1. The lowest BCUT2D eigenvalue weighted by Crippen LogP contribution is -2.30. The van der Waals surface area contributed by atoms with Crippen LogP contribution >= 0.6 is 0 Å². The van der Waals surface area contributed by atoms with Crippen LogP contribution in [0.5, 0.6) is 0 Å². The third-order valence-electron chi connectivity index (χ3n) is 3.23. The lowest BCUT2D eigenvalue weighted by atomic mass is 10.1. The molecule has 0 aliphatic rings. The summed E-state index contributed by atoms with van der Waals surface area (Å²) in [5.41, 5.74) is 2.09. The van der Waals surface area contributed by atoms with Gasteiger partial charge in [0.25, 0.3) is 0 Å². The summed E-state index contributed by atoms with van der Waals surface area (Å²) < 4.78 is 0. The van der Waals surface area contributed by atoms with Crippen LogP contribution in [-0.4, -0.2) is 42.7 Å². The minimum Gasteiger partial charge on any atom is -0.396 e. The first-order valence-electron chi connectivity index (χ1n) is 7.34. The number of nitrogens with one attached hydrogen (secondary N) is 1. The van der Waals surface area contributed by atoms with Crippen molar-refractivity contribution in [2.24, 2.45) is 0 Å². The summed E-state index contributed by atoms with van der Waals surface area (Å²) in [4.78, 5) is 13.9. The van der Waals surface area contributed by atoms with E-state index in [4.69, 9.17) is 5.11 Å². The molecule has 0 spiro atoms. The number of likely N-dealkylation sites (N-methyl/N-ethyl adjacent to an activating group) is 1. The van der Waals surface area contributed by atoms with E-state index in [1.807, 2.05) is 30.1 Å². The standard InChI is InChI=1S/C16H26N2O2/c1-3-14-8-7-9-15(12-14)17-16(20)13-18(2)10-5-4-6-11-19/h7-9,12,19H,3-6,10-11,13H2,1-2H3,(H,17,20). The molecule has 1 aromatic carbocycles. The summed E-state index contributed by atoms with van der Waals surface area (Å²) in [7, 11) is 1.95. The summed E-state index contributed by atoms with van der Waals surface area (Å²) >= 11 is 0. The summed E-state index contributed by atoms with van der Waals surface area (Å²) in [6.45, 7) is 3.62. The first-order chi connectivity index (χ1) is 9.65. The number of aliphatic hydroxyl groups is 1. The van der Waals surface area contributed by atoms with Gasteiger partial charge in [-0.25, -0.2) is 0 Å². The minimum absolute atomic E-state index is 0.0166. The quantitative estimate of drug-likeness (QED) is 0.681. The number of carbonyl (C=O) groups is 1. The Kier molecular flexibility index (Phi) is 7.92. The molecule has 20 heavy (non-hydrogen) atoms. The van der Waals surface area contributed by atoms with Gasteiger partial charge in [0, 0.05) is 12.3 Å². The Morgan fingerprint density at radius 1 is 1.30 bits per heavy atom. The largest absolute Gasteiger partial charge is 0.396 e. The van der Waals surface area contributed by atoms with E-state index in [1.54, 1.807) is 0 Å². The van der Waals surface area contributed by atoms with E-state index in [-0.39, 0.29) is 12.5 Å². The third-order valence-corrected chi connectivity index (χ3v) is 3.23. The Morgan fingerprint density at radius 3 is 2.80 bits per heavy atom. The van der Waals surface area contributed by atoms with E-state index in [0.717, 1.165) is 37.9 Å². The average Bonchev–Trinajstić information content (AvgIpc) is 2.43. The molecular weight excluding hydrogens is 252 g/mol. The molecule has 0 aliphatic heterocycles. The second-order valence-electron chi connectivity index (χ2n) is 5.12. The molecule has 4 heteroatoms. The second-order valence-corrected chi connectivity index (χ2v) is 5.12. The number of nitrogens with zero attached hydrogens (tertiary/aromatic N) is 1. The molecule has 112 valence electrons. The van der Waals surface area contributed by atoms with Crippen molar-refractivity contribution in [3.8, 4) is 0 Å². The number of anilines is 1. The molecule has 4 nitrogen and oxygen atoms in total. The van der Waals surface area contributed by atoms with Crippen molar-refractivity contribution in [2.75, 3.05) is 32.1 Å². The molecule has 0 aliphatic carbocycles. The normalized spacial score (nSPS) is 10.8. The lowest BCUT2D eigenvalue weighted by Gasteiger charge is -2.16. The summed E-state index contributed by atoms with van der Waals surface area (Å²) in [5.74, 6) is 0.0166. The van der Waals surface area contributed by atoms with Crippen LogP contribution in [0, 0.1) is 0 Å². The van der Waals surface area contributed by atoms with Gasteiger partial charge in [-0.15, -0.1) is 0 Å². The molecule has 0 radical (unpaired) electrons. The van der Waals surface area contributed by atoms with E-state index in [9.17, 15) is 4.79 Å². The Bertz CT molecular complexity index is 407. The fourth-order valence-electron chi connectivity index (χ4n) is 2.06. The fourth-order valence-corrected chi connectivity index (χ4v) is 2.06. The number of unbranched alkanes of at least 4 members (excludes halogenated alkanes) is 2. The van der Waals surface area contributed by atoms with Gasteiger partial charge in [0.05, 0.1) is 6.54 Å². The smallest absolute Gasteiger partial charge is 0.238 e. The van der Waals surface area contributed by atoms with Crippen molar-refractivity contribution in [1.29, 1.82) is 0 Å². The van der Waals surface area contributed by atoms with Gasteiger partial charge < -0.3 is 10.4 Å². The molecule has 0 bridgehead atoms. The highest BCUT2D eigenvalue weighted by Crippen LogP contribution is 2.11. The molecule has 1 aromatic rings. The Labute approximate surface area is 121 Å². The topological polar surface area (TPSA) is 52.6 Å². The van der Waals surface area contributed by atoms with Gasteiger partial charge in [0.1, 0.15) is 0 Å². The third kappa shape index (κ3) is 6.68. The molecule has 2 N–H and O–H groups in total. The first-order valence-corrected chi connectivity index (χ1v) is 7.34. The summed E-state index contributed by atoms with van der Waals surface area (Å²) in [6, 6.07) is 7.95. The van der Waals surface area contributed by atoms with Crippen molar-refractivity contribution in [1.82, 2.24) is 4.90 Å². The maximum atomic E-state index is 11.9. The van der Waals surface area contributed by atoms with Crippen LogP contribution in [0.2, 0.25) is 0 Å². The van der Waals surface area contributed by atoms with Crippen LogP contribution in [0.15, 0.2) is 24.3 Å². The maximum absolute atomic E-state index is 11.9. The molecular formula is C16H26N2O2. The molecule has 1 rings (SSSR count). The zero-order valence-electron chi connectivity index (χ0n) is 12.6. The van der Waals surface area contributed by atoms with Gasteiger partial charge in [-0.1, -0.05) is 19.1 Å². The molecule has 1 amide bonds. The lowest BCUT2D eigenvalue weighted by molar-refractivity contribution is -0.117. The van der Waals surface area contributed by atoms with Gasteiger partial charge in [-0.3, -0.25) is 9.69 Å². The van der Waals surface area contributed by atoms with Crippen molar-refractivity contribution in [2.45, 2.75) is 32.6 Å². The molecule has 0 unspecified atom stereocenters. The number of carbonyl (C=O) groups excluding carboxylic acids is 1.